The van der Waals surface area contributed by atoms with E-state index >= 15 is 0 Å². The van der Waals surface area contributed by atoms with Crippen molar-refractivity contribution >= 4 is 34.4 Å². The molecule has 1 aliphatic rings. The van der Waals surface area contributed by atoms with Gasteiger partial charge in [-0.25, -0.2) is 9.97 Å². The number of aromatic nitrogens is 3. The van der Waals surface area contributed by atoms with Crippen molar-refractivity contribution in [1.82, 2.24) is 14.5 Å². The van der Waals surface area contributed by atoms with Crippen molar-refractivity contribution < 1.29 is 4.79 Å². The Hall–Kier alpha value is -2.67. The number of thioether (sulfide) groups is 1. The fraction of sp³-hybridized carbons (Fsp3) is 0.300. The van der Waals surface area contributed by atoms with Gasteiger partial charge in [-0.1, -0.05) is 17.8 Å². The molecule has 138 valence electrons. The molecule has 1 amide bonds. The summed E-state index contributed by atoms with van der Waals surface area (Å²) in [7, 11) is 0. The summed E-state index contributed by atoms with van der Waals surface area (Å²) in [6.07, 6.45) is 4.99. The largest absolute Gasteiger partial charge is 0.325 e. The summed E-state index contributed by atoms with van der Waals surface area (Å²) in [5.74, 6) is 0.0676. The quantitative estimate of drug-likeness (QED) is 0.544. The van der Waals surface area contributed by atoms with Crippen LogP contribution in [-0.2, 0) is 24.2 Å². The summed E-state index contributed by atoms with van der Waals surface area (Å²) in [4.78, 5) is 33.6. The highest BCUT2D eigenvalue weighted by Crippen LogP contribution is 2.25. The van der Waals surface area contributed by atoms with E-state index in [1.807, 2.05) is 13.0 Å². The second-order valence-electron chi connectivity index (χ2n) is 6.49. The van der Waals surface area contributed by atoms with Crippen LogP contribution in [0.4, 0.5) is 5.69 Å². The number of nitrogens with zero attached hydrogens (tertiary/aromatic N) is 3. The van der Waals surface area contributed by atoms with Gasteiger partial charge in [-0.05, 0) is 61.6 Å². The average molecular weight is 380 g/mol. The van der Waals surface area contributed by atoms with Crippen molar-refractivity contribution in [2.24, 2.45) is 0 Å². The van der Waals surface area contributed by atoms with E-state index in [2.05, 4.69) is 27.4 Å². The standard InChI is InChI=1S/C20H20N4O2S/c1-2-24-19(26)16-7-4-10-21-18(16)23-20(24)27-12-17(25)22-15-9-8-13-5-3-6-14(13)11-15/h4,7-11H,2-3,5-6,12H2,1H3,(H,22,25). The number of anilines is 1. The highest BCUT2D eigenvalue weighted by molar-refractivity contribution is 7.99. The Morgan fingerprint density at radius 1 is 1.26 bits per heavy atom. The number of nitrogens with one attached hydrogen (secondary N) is 1. The average Bonchev–Trinajstić information content (AvgIpc) is 3.14. The third-order valence-electron chi connectivity index (χ3n) is 4.73. The van der Waals surface area contributed by atoms with Gasteiger partial charge in [0.25, 0.3) is 5.56 Å². The highest BCUT2D eigenvalue weighted by atomic mass is 32.2. The van der Waals surface area contributed by atoms with Gasteiger partial charge in [-0.15, -0.1) is 0 Å². The Morgan fingerprint density at radius 2 is 2.11 bits per heavy atom. The number of carbonyl (C=O) groups excluding carboxylic acids is 1. The van der Waals surface area contributed by atoms with Crippen LogP contribution in [0.1, 0.15) is 24.5 Å². The molecule has 2 heterocycles. The van der Waals surface area contributed by atoms with Gasteiger partial charge in [0.05, 0.1) is 11.1 Å². The molecule has 1 aliphatic carbocycles. The van der Waals surface area contributed by atoms with Crippen molar-refractivity contribution in [3.63, 3.8) is 0 Å². The number of hydrogen-bond acceptors (Lipinski definition) is 5. The number of amides is 1. The summed E-state index contributed by atoms with van der Waals surface area (Å²) in [6.45, 7) is 2.38. The maximum absolute atomic E-state index is 12.6. The minimum Gasteiger partial charge on any atom is -0.325 e. The maximum Gasteiger partial charge on any atom is 0.263 e. The second kappa shape index (κ2) is 7.52. The molecule has 0 radical (unpaired) electrons. The highest BCUT2D eigenvalue weighted by Gasteiger charge is 2.14. The van der Waals surface area contributed by atoms with Gasteiger partial charge in [0.15, 0.2) is 10.8 Å². The van der Waals surface area contributed by atoms with Crippen LogP contribution >= 0.6 is 11.8 Å². The lowest BCUT2D eigenvalue weighted by atomic mass is 10.1. The Morgan fingerprint density at radius 3 is 2.96 bits per heavy atom. The molecule has 2 aromatic heterocycles. The van der Waals surface area contributed by atoms with Crippen molar-refractivity contribution in [3.05, 3.63) is 58.0 Å². The van der Waals surface area contributed by atoms with E-state index in [4.69, 9.17) is 0 Å². The molecule has 1 N–H and O–H groups in total. The number of benzene rings is 1. The molecule has 7 heteroatoms. The third kappa shape index (κ3) is 3.60. The second-order valence-corrected chi connectivity index (χ2v) is 7.43. The molecule has 0 saturated heterocycles. The van der Waals surface area contributed by atoms with Gasteiger partial charge in [0.1, 0.15) is 0 Å². The smallest absolute Gasteiger partial charge is 0.263 e. The van der Waals surface area contributed by atoms with E-state index in [1.54, 1.807) is 22.9 Å². The molecule has 3 aromatic rings. The van der Waals surface area contributed by atoms with Crippen LogP contribution in [-0.4, -0.2) is 26.2 Å². The zero-order chi connectivity index (χ0) is 18.8. The van der Waals surface area contributed by atoms with Crippen molar-refractivity contribution in [3.8, 4) is 0 Å². The van der Waals surface area contributed by atoms with Crippen LogP contribution in [0.2, 0.25) is 0 Å². The summed E-state index contributed by atoms with van der Waals surface area (Å²) >= 11 is 1.25. The number of hydrogen-bond donors (Lipinski definition) is 1. The summed E-state index contributed by atoms with van der Waals surface area (Å²) in [5.41, 5.74) is 3.80. The minimum atomic E-state index is -0.128. The van der Waals surface area contributed by atoms with E-state index in [9.17, 15) is 9.59 Å². The van der Waals surface area contributed by atoms with Crippen LogP contribution in [0.15, 0.2) is 46.5 Å². The first-order valence-electron chi connectivity index (χ1n) is 9.05. The molecule has 27 heavy (non-hydrogen) atoms. The van der Waals surface area contributed by atoms with Crippen LogP contribution in [0, 0.1) is 0 Å². The molecule has 0 atom stereocenters. The molecule has 4 rings (SSSR count). The Balaban J connectivity index is 1.49. The fourth-order valence-electron chi connectivity index (χ4n) is 3.40. The Kier molecular flexibility index (Phi) is 4.94. The topological polar surface area (TPSA) is 76.9 Å². The Bertz CT molecular complexity index is 1080. The number of rotatable bonds is 5. The van der Waals surface area contributed by atoms with Crippen LogP contribution in [0.5, 0.6) is 0 Å². The number of fused-ring (bicyclic) bond motifs is 2. The minimum absolute atomic E-state index is 0.115. The van der Waals surface area contributed by atoms with Crippen LogP contribution in [0.25, 0.3) is 11.0 Å². The SMILES string of the molecule is CCn1c(SCC(=O)Nc2ccc3c(c2)CCC3)nc2ncccc2c1=O. The van der Waals surface area contributed by atoms with Gasteiger partial charge in [-0.3, -0.25) is 14.2 Å². The van der Waals surface area contributed by atoms with Gasteiger partial charge in [0.2, 0.25) is 5.91 Å². The van der Waals surface area contributed by atoms with Crippen molar-refractivity contribution in [1.29, 1.82) is 0 Å². The lowest BCUT2D eigenvalue weighted by Crippen LogP contribution is -2.23. The first kappa shape index (κ1) is 17.7. The van der Waals surface area contributed by atoms with Crippen LogP contribution in [0.3, 0.4) is 0 Å². The summed E-state index contributed by atoms with van der Waals surface area (Å²) in [5, 5.41) is 3.94. The fourth-order valence-corrected chi connectivity index (χ4v) is 4.25. The lowest BCUT2D eigenvalue weighted by Gasteiger charge is -2.11. The molecular weight excluding hydrogens is 360 g/mol. The zero-order valence-corrected chi connectivity index (χ0v) is 15.9. The summed E-state index contributed by atoms with van der Waals surface area (Å²) < 4.78 is 1.58. The first-order valence-corrected chi connectivity index (χ1v) is 10.0. The molecule has 0 unspecified atom stereocenters. The van der Waals surface area contributed by atoms with Crippen molar-refractivity contribution in [2.45, 2.75) is 37.9 Å². The summed E-state index contributed by atoms with van der Waals surface area (Å²) in [6, 6.07) is 9.55. The molecule has 0 bridgehead atoms. The predicted octanol–water partition coefficient (Wildman–Crippen LogP) is 3.03. The molecule has 6 nitrogen and oxygen atoms in total. The molecular formula is C20H20N4O2S. The molecule has 0 aliphatic heterocycles. The van der Waals surface area contributed by atoms with E-state index in [1.165, 1.54) is 29.3 Å². The number of carbonyl (C=O) groups is 1. The zero-order valence-electron chi connectivity index (χ0n) is 15.1. The number of aryl methyl sites for hydroxylation is 2. The van der Waals surface area contributed by atoms with Gasteiger partial charge < -0.3 is 5.32 Å². The van der Waals surface area contributed by atoms with Gasteiger partial charge >= 0.3 is 0 Å². The molecule has 0 saturated carbocycles. The van der Waals surface area contributed by atoms with E-state index < -0.39 is 0 Å². The normalized spacial score (nSPS) is 12.9. The Labute approximate surface area is 161 Å². The van der Waals surface area contributed by atoms with Gasteiger partial charge in [0, 0.05) is 18.4 Å². The van der Waals surface area contributed by atoms with E-state index in [-0.39, 0.29) is 17.2 Å². The first-order chi connectivity index (χ1) is 13.2. The third-order valence-corrected chi connectivity index (χ3v) is 5.70. The number of pyridine rings is 1. The lowest BCUT2D eigenvalue weighted by molar-refractivity contribution is -0.113. The van der Waals surface area contributed by atoms with Gasteiger partial charge in [-0.2, -0.15) is 0 Å². The molecule has 0 spiro atoms. The monoisotopic (exact) mass is 380 g/mol. The van der Waals surface area contributed by atoms with E-state index in [0.717, 1.165) is 18.5 Å². The predicted molar refractivity (Wildman–Crippen MR) is 107 cm³/mol. The van der Waals surface area contributed by atoms with Crippen molar-refractivity contribution in [2.75, 3.05) is 11.1 Å². The van der Waals surface area contributed by atoms with Crippen LogP contribution < -0.4 is 10.9 Å². The maximum atomic E-state index is 12.6. The molecule has 1 aromatic carbocycles. The van der Waals surface area contributed by atoms with E-state index in [0.29, 0.717) is 22.7 Å². The molecule has 0 fully saturated rings.